The quantitative estimate of drug-likeness (QED) is 0.668. The molecule has 0 rings (SSSR count). The van der Waals surface area contributed by atoms with Gasteiger partial charge in [0.2, 0.25) is 5.91 Å². The first-order valence-corrected chi connectivity index (χ1v) is 4.55. The van der Waals surface area contributed by atoms with Crippen molar-refractivity contribution in [2.24, 2.45) is 11.7 Å². The van der Waals surface area contributed by atoms with Crippen molar-refractivity contribution in [3.05, 3.63) is 0 Å². The second-order valence-corrected chi connectivity index (χ2v) is 3.36. The number of carbonyl (C=O) groups excluding carboxylic acids is 1. The molecule has 0 aliphatic rings. The van der Waals surface area contributed by atoms with Crippen LogP contribution in [0.1, 0.15) is 26.7 Å². The zero-order valence-electron chi connectivity index (χ0n) is 8.34. The van der Waals surface area contributed by atoms with Gasteiger partial charge in [-0.15, -0.1) is 0 Å². The van der Waals surface area contributed by atoms with Gasteiger partial charge in [0.05, 0.1) is 0 Å². The third-order valence-electron chi connectivity index (χ3n) is 1.91. The number of amides is 1. The summed E-state index contributed by atoms with van der Waals surface area (Å²) < 4.78 is 0. The standard InChI is InChI=1S/C9H20N2O/c1-4-5-11(3)9(12)6-8(2)7-10/h8H,4-7,10H2,1-3H3. The molecular weight excluding hydrogens is 152 g/mol. The molecule has 2 N–H and O–H groups in total. The Labute approximate surface area is 74.9 Å². The number of nitrogens with two attached hydrogens (primary N) is 1. The number of carbonyl (C=O) groups is 1. The van der Waals surface area contributed by atoms with E-state index in [2.05, 4.69) is 6.92 Å². The summed E-state index contributed by atoms with van der Waals surface area (Å²) >= 11 is 0. The van der Waals surface area contributed by atoms with Crippen LogP contribution < -0.4 is 5.73 Å². The van der Waals surface area contributed by atoms with Crippen LogP contribution in [-0.2, 0) is 4.79 Å². The third kappa shape index (κ3) is 4.34. The lowest BCUT2D eigenvalue weighted by molar-refractivity contribution is -0.130. The van der Waals surface area contributed by atoms with Crippen molar-refractivity contribution in [3.63, 3.8) is 0 Å². The normalized spacial score (nSPS) is 12.7. The SMILES string of the molecule is CCCN(C)C(=O)CC(C)CN. The van der Waals surface area contributed by atoms with Crippen LogP contribution in [0.15, 0.2) is 0 Å². The summed E-state index contributed by atoms with van der Waals surface area (Å²) in [5.74, 6) is 0.506. The molecular formula is C9H20N2O. The number of rotatable bonds is 5. The van der Waals surface area contributed by atoms with Crippen molar-refractivity contribution in [3.8, 4) is 0 Å². The van der Waals surface area contributed by atoms with Crippen molar-refractivity contribution >= 4 is 5.91 Å². The molecule has 0 radical (unpaired) electrons. The molecule has 3 heteroatoms. The fourth-order valence-corrected chi connectivity index (χ4v) is 0.997. The Morgan fingerprint density at radius 1 is 1.58 bits per heavy atom. The molecule has 1 unspecified atom stereocenters. The molecule has 0 fully saturated rings. The fraction of sp³-hybridized carbons (Fsp3) is 0.889. The van der Waals surface area contributed by atoms with Gasteiger partial charge in [-0.3, -0.25) is 4.79 Å². The van der Waals surface area contributed by atoms with E-state index in [-0.39, 0.29) is 5.91 Å². The van der Waals surface area contributed by atoms with Crippen LogP contribution in [-0.4, -0.2) is 30.9 Å². The van der Waals surface area contributed by atoms with Gasteiger partial charge in [0.25, 0.3) is 0 Å². The maximum atomic E-state index is 11.4. The molecule has 0 bridgehead atoms. The molecule has 0 aromatic rings. The van der Waals surface area contributed by atoms with Crippen molar-refractivity contribution < 1.29 is 4.79 Å². The number of hydrogen-bond acceptors (Lipinski definition) is 2. The molecule has 0 aliphatic heterocycles. The molecule has 72 valence electrons. The molecule has 0 heterocycles. The molecule has 0 aromatic carbocycles. The highest BCUT2D eigenvalue weighted by molar-refractivity contribution is 5.76. The van der Waals surface area contributed by atoms with E-state index in [9.17, 15) is 4.79 Å². The Morgan fingerprint density at radius 3 is 2.58 bits per heavy atom. The topological polar surface area (TPSA) is 46.3 Å². The molecule has 0 saturated carbocycles. The molecule has 12 heavy (non-hydrogen) atoms. The zero-order chi connectivity index (χ0) is 9.56. The van der Waals surface area contributed by atoms with Gasteiger partial charge in [0, 0.05) is 20.0 Å². The summed E-state index contributed by atoms with van der Waals surface area (Å²) in [6, 6.07) is 0. The largest absolute Gasteiger partial charge is 0.346 e. The van der Waals surface area contributed by atoms with Crippen LogP contribution >= 0.6 is 0 Å². The molecule has 0 spiro atoms. The number of nitrogens with zero attached hydrogens (tertiary/aromatic N) is 1. The Kier molecular flexibility index (Phi) is 5.72. The molecule has 0 aromatic heterocycles. The van der Waals surface area contributed by atoms with Crippen LogP contribution in [0.4, 0.5) is 0 Å². The summed E-state index contributed by atoms with van der Waals surface area (Å²) in [5, 5.41) is 0. The minimum absolute atomic E-state index is 0.204. The van der Waals surface area contributed by atoms with Gasteiger partial charge in [-0.05, 0) is 18.9 Å². The summed E-state index contributed by atoms with van der Waals surface area (Å²) in [5.41, 5.74) is 5.42. The Bertz CT molecular complexity index is 136. The maximum absolute atomic E-state index is 11.4. The second-order valence-electron chi connectivity index (χ2n) is 3.36. The monoisotopic (exact) mass is 172 g/mol. The third-order valence-corrected chi connectivity index (χ3v) is 1.91. The molecule has 0 aliphatic carbocycles. The second kappa shape index (κ2) is 6.00. The van der Waals surface area contributed by atoms with Crippen LogP contribution in [0.2, 0.25) is 0 Å². The van der Waals surface area contributed by atoms with Crippen molar-refractivity contribution in [2.75, 3.05) is 20.1 Å². The Morgan fingerprint density at radius 2 is 2.17 bits per heavy atom. The Hall–Kier alpha value is -0.570. The van der Waals surface area contributed by atoms with Crippen molar-refractivity contribution in [1.29, 1.82) is 0 Å². The Balaban J connectivity index is 3.70. The first-order valence-electron chi connectivity index (χ1n) is 4.55. The molecule has 1 amide bonds. The average Bonchev–Trinajstić information content (AvgIpc) is 2.04. The summed E-state index contributed by atoms with van der Waals surface area (Å²) in [4.78, 5) is 13.1. The average molecular weight is 172 g/mol. The van der Waals surface area contributed by atoms with Crippen molar-refractivity contribution in [2.45, 2.75) is 26.7 Å². The lowest BCUT2D eigenvalue weighted by Gasteiger charge is -2.17. The van der Waals surface area contributed by atoms with Crippen LogP contribution in [0.25, 0.3) is 0 Å². The minimum Gasteiger partial charge on any atom is -0.346 e. The van der Waals surface area contributed by atoms with Gasteiger partial charge in [0.1, 0.15) is 0 Å². The van der Waals surface area contributed by atoms with Gasteiger partial charge >= 0.3 is 0 Å². The lowest BCUT2D eigenvalue weighted by atomic mass is 10.1. The van der Waals surface area contributed by atoms with E-state index in [1.807, 2.05) is 14.0 Å². The number of hydrogen-bond donors (Lipinski definition) is 1. The smallest absolute Gasteiger partial charge is 0.222 e. The van der Waals surface area contributed by atoms with Crippen LogP contribution in [0.5, 0.6) is 0 Å². The molecule has 0 saturated heterocycles. The maximum Gasteiger partial charge on any atom is 0.222 e. The summed E-state index contributed by atoms with van der Waals surface area (Å²) in [6.45, 7) is 5.50. The van der Waals surface area contributed by atoms with E-state index in [0.717, 1.165) is 13.0 Å². The van der Waals surface area contributed by atoms with E-state index < -0.39 is 0 Å². The predicted molar refractivity (Wildman–Crippen MR) is 50.8 cm³/mol. The molecule has 1 atom stereocenters. The molecule has 3 nitrogen and oxygen atoms in total. The van der Waals surface area contributed by atoms with Crippen LogP contribution in [0.3, 0.4) is 0 Å². The first-order chi connectivity index (χ1) is 5.61. The van der Waals surface area contributed by atoms with Crippen LogP contribution in [0, 0.1) is 5.92 Å². The highest BCUT2D eigenvalue weighted by Gasteiger charge is 2.10. The minimum atomic E-state index is 0.204. The van der Waals surface area contributed by atoms with Crippen molar-refractivity contribution in [1.82, 2.24) is 4.90 Å². The lowest BCUT2D eigenvalue weighted by Crippen LogP contribution is -2.30. The predicted octanol–water partition coefficient (Wildman–Crippen LogP) is 0.840. The van der Waals surface area contributed by atoms with Gasteiger partial charge in [0.15, 0.2) is 0 Å². The first kappa shape index (κ1) is 11.4. The van der Waals surface area contributed by atoms with E-state index >= 15 is 0 Å². The highest BCUT2D eigenvalue weighted by atomic mass is 16.2. The fourth-order valence-electron chi connectivity index (χ4n) is 0.997. The van der Waals surface area contributed by atoms with Gasteiger partial charge in [-0.25, -0.2) is 0 Å². The van der Waals surface area contributed by atoms with Gasteiger partial charge in [-0.1, -0.05) is 13.8 Å². The van der Waals surface area contributed by atoms with E-state index in [1.165, 1.54) is 0 Å². The summed E-state index contributed by atoms with van der Waals surface area (Å²) in [6.07, 6.45) is 1.59. The van der Waals surface area contributed by atoms with E-state index in [4.69, 9.17) is 5.73 Å². The highest BCUT2D eigenvalue weighted by Crippen LogP contribution is 2.02. The van der Waals surface area contributed by atoms with E-state index in [1.54, 1.807) is 4.90 Å². The van der Waals surface area contributed by atoms with E-state index in [0.29, 0.717) is 18.9 Å². The zero-order valence-corrected chi connectivity index (χ0v) is 8.34. The van der Waals surface area contributed by atoms with Gasteiger partial charge < -0.3 is 10.6 Å². The summed E-state index contributed by atoms with van der Waals surface area (Å²) in [7, 11) is 1.84. The van der Waals surface area contributed by atoms with Gasteiger partial charge in [-0.2, -0.15) is 0 Å².